The van der Waals surface area contributed by atoms with Gasteiger partial charge in [0.1, 0.15) is 35.6 Å². The van der Waals surface area contributed by atoms with Crippen LogP contribution in [0.4, 0.5) is 5.82 Å². The summed E-state index contributed by atoms with van der Waals surface area (Å²) in [5.41, 5.74) is 1.07. The summed E-state index contributed by atoms with van der Waals surface area (Å²) in [5, 5.41) is 42.4. The molecule has 3 aromatic rings. The van der Waals surface area contributed by atoms with Crippen molar-refractivity contribution in [1.82, 2.24) is 34.7 Å². The zero-order valence-corrected chi connectivity index (χ0v) is 44.6. The minimum absolute atomic E-state index is 0.0496. The van der Waals surface area contributed by atoms with E-state index in [4.69, 9.17) is 68.4 Å². The third kappa shape index (κ3) is 18.5. The number of hydrogen-bond donors (Lipinski definition) is 5. The van der Waals surface area contributed by atoms with Gasteiger partial charge in [-0.2, -0.15) is 15.1 Å². The Hall–Kier alpha value is -3.00. The van der Waals surface area contributed by atoms with E-state index >= 15 is 0 Å². The average molecular weight is 1110 g/mol. The van der Waals surface area contributed by atoms with E-state index in [-0.39, 0.29) is 28.2 Å². The van der Waals surface area contributed by atoms with Crippen molar-refractivity contribution in [3.05, 3.63) is 23.4 Å². The van der Waals surface area contributed by atoms with E-state index in [1.54, 1.807) is 4.68 Å². The number of rotatable bonds is 40. The van der Waals surface area contributed by atoms with Gasteiger partial charge in [0, 0.05) is 38.5 Å². The molecule has 3 aliphatic rings. The van der Waals surface area contributed by atoms with E-state index in [1.165, 1.54) is 18.0 Å². The SMILES string of the molecule is CCC(=O)CCOCCOCCOCCOCCn1cc(COCCOCCOCCOCCOC2CCC3(CC2)CN(c2nc(Cl)nc4c2cnn4[C@@H]2O[C@H](COC(CO)(COC)P(=O)(O)O)[C@@H](O)[C@H]2O)C3)nn1. The maximum atomic E-state index is 12.2. The van der Waals surface area contributed by atoms with Gasteiger partial charge in [-0.25, -0.2) is 9.36 Å². The highest BCUT2D eigenvalue weighted by molar-refractivity contribution is 7.53. The van der Waals surface area contributed by atoms with Crippen LogP contribution < -0.4 is 4.90 Å². The number of fused-ring (bicyclic) bond motifs is 1. The van der Waals surface area contributed by atoms with Gasteiger partial charge in [0.25, 0.3) is 0 Å². The molecule has 1 unspecified atom stereocenters. The van der Waals surface area contributed by atoms with Crippen molar-refractivity contribution in [3.8, 4) is 0 Å². The van der Waals surface area contributed by atoms with Gasteiger partial charge >= 0.3 is 7.60 Å². The molecule has 1 saturated carbocycles. The molecule has 3 aromatic heterocycles. The molecular formula is C46H76ClN8O19P. The summed E-state index contributed by atoms with van der Waals surface area (Å²) in [6.07, 6.45) is 2.70. The molecule has 5 atom stereocenters. The van der Waals surface area contributed by atoms with Gasteiger partial charge in [0.2, 0.25) is 10.6 Å². The Balaban J connectivity index is 0.739. The minimum atomic E-state index is -5.05. The second kappa shape index (κ2) is 31.6. The number of methoxy groups -OCH3 is 1. The Morgan fingerprint density at radius 2 is 1.43 bits per heavy atom. The number of carbonyl (C=O) groups is 1. The highest BCUT2D eigenvalue weighted by Crippen LogP contribution is 2.52. The predicted molar refractivity (Wildman–Crippen MR) is 264 cm³/mol. The normalized spacial score (nSPS) is 20.9. The molecule has 3 fully saturated rings. The fraction of sp³-hybridized carbons (Fsp3) is 0.826. The number of nitrogens with zero attached hydrogens (tertiary/aromatic N) is 8. The number of Topliss-reactive ketones (excluding diaryl/α,β-unsaturated/α-hetero) is 1. The predicted octanol–water partition coefficient (Wildman–Crippen LogP) is 0.688. The minimum Gasteiger partial charge on any atom is -0.393 e. The summed E-state index contributed by atoms with van der Waals surface area (Å²) < 4.78 is 82.0. The number of aromatic nitrogens is 7. The molecule has 75 heavy (non-hydrogen) atoms. The highest BCUT2D eigenvalue weighted by Gasteiger charge is 2.52. The van der Waals surface area contributed by atoms with Crippen molar-refractivity contribution in [3.63, 3.8) is 0 Å². The highest BCUT2D eigenvalue weighted by atomic mass is 35.5. The fourth-order valence-corrected chi connectivity index (χ4v) is 9.63. The fourth-order valence-electron chi connectivity index (χ4n) is 8.74. The van der Waals surface area contributed by atoms with E-state index in [0.29, 0.717) is 143 Å². The first-order chi connectivity index (χ1) is 36.3. The number of carbonyl (C=O) groups excluding carboxylic acids is 1. The lowest BCUT2D eigenvalue weighted by molar-refractivity contribution is -0.125. The number of aliphatic hydroxyl groups excluding tert-OH is 3. The van der Waals surface area contributed by atoms with Crippen molar-refractivity contribution < 1.29 is 91.3 Å². The van der Waals surface area contributed by atoms with E-state index in [9.17, 15) is 34.5 Å². The number of halogens is 1. The van der Waals surface area contributed by atoms with Crippen LogP contribution in [0.3, 0.4) is 0 Å². The van der Waals surface area contributed by atoms with Gasteiger partial charge in [0.05, 0.1) is 163 Å². The van der Waals surface area contributed by atoms with E-state index in [0.717, 1.165) is 44.5 Å². The third-order valence-electron chi connectivity index (χ3n) is 13.0. The molecule has 0 amide bonds. The number of hydrogen-bond acceptors (Lipinski definition) is 23. The van der Waals surface area contributed by atoms with Crippen molar-refractivity contribution in [2.45, 2.75) is 94.6 Å². The van der Waals surface area contributed by atoms with Crippen LogP contribution in [0.25, 0.3) is 11.0 Å². The van der Waals surface area contributed by atoms with Gasteiger partial charge in [-0.3, -0.25) is 9.36 Å². The lowest BCUT2D eigenvalue weighted by atomic mass is 9.68. The largest absolute Gasteiger partial charge is 0.393 e. The average Bonchev–Trinajstić information content (AvgIpc) is 4.10. The number of aliphatic hydroxyl groups is 3. The zero-order chi connectivity index (χ0) is 53.5. The van der Waals surface area contributed by atoms with Crippen molar-refractivity contribution in [2.24, 2.45) is 5.41 Å². The summed E-state index contributed by atoms with van der Waals surface area (Å²) in [5.74, 6) is 0.774. The molecule has 1 spiro atoms. The summed E-state index contributed by atoms with van der Waals surface area (Å²) in [7, 11) is -3.86. The van der Waals surface area contributed by atoms with Gasteiger partial charge in [0.15, 0.2) is 11.9 Å². The van der Waals surface area contributed by atoms with Crippen molar-refractivity contribution >= 4 is 41.8 Å². The molecule has 5 heterocycles. The van der Waals surface area contributed by atoms with Crippen LogP contribution in [0.1, 0.15) is 57.4 Å². The third-order valence-corrected chi connectivity index (χ3v) is 14.7. The van der Waals surface area contributed by atoms with Gasteiger partial charge in [-0.1, -0.05) is 12.1 Å². The number of anilines is 1. The molecule has 5 N–H and O–H groups in total. The zero-order valence-electron chi connectivity index (χ0n) is 42.9. The molecule has 2 saturated heterocycles. The Bertz CT molecular complexity index is 2160. The molecule has 6 rings (SSSR count). The van der Waals surface area contributed by atoms with Crippen LogP contribution in [0.2, 0.25) is 5.28 Å². The Kier molecular flexibility index (Phi) is 25.8. The van der Waals surface area contributed by atoms with Crippen LogP contribution >= 0.6 is 19.2 Å². The summed E-state index contributed by atoms with van der Waals surface area (Å²) in [6, 6.07) is 0. The second-order valence-electron chi connectivity index (χ2n) is 18.5. The Morgan fingerprint density at radius 3 is 2.01 bits per heavy atom. The summed E-state index contributed by atoms with van der Waals surface area (Å²) in [6.45, 7) is 9.17. The first-order valence-electron chi connectivity index (χ1n) is 25.4. The lowest BCUT2D eigenvalue weighted by Gasteiger charge is -2.54. The second-order valence-corrected chi connectivity index (χ2v) is 20.7. The van der Waals surface area contributed by atoms with Gasteiger partial charge in [-0.05, 0) is 37.3 Å². The van der Waals surface area contributed by atoms with Crippen molar-refractivity contribution in [2.75, 3.05) is 151 Å². The Morgan fingerprint density at radius 1 is 0.840 bits per heavy atom. The van der Waals surface area contributed by atoms with E-state index in [1.807, 2.05) is 13.1 Å². The number of ether oxygens (including phenoxy) is 12. The van der Waals surface area contributed by atoms with Crippen LogP contribution in [0.15, 0.2) is 12.4 Å². The molecular weight excluding hydrogens is 1030 g/mol. The molecule has 426 valence electrons. The quantitative estimate of drug-likeness (QED) is 0.0297. The summed E-state index contributed by atoms with van der Waals surface area (Å²) in [4.78, 5) is 41.9. The molecule has 0 bridgehead atoms. The molecule has 1 aliphatic carbocycles. The van der Waals surface area contributed by atoms with Crippen LogP contribution in [-0.4, -0.2) is 241 Å². The van der Waals surface area contributed by atoms with Gasteiger partial charge in [-0.15, -0.1) is 5.10 Å². The molecule has 0 aromatic carbocycles. The first kappa shape index (κ1) is 61.2. The monoisotopic (exact) mass is 1110 g/mol. The van der Waals surface area contributed by atoms with Crippen LogP contribution in [0.5, 0.6) is 0 Å². The molecule has 2 aliphatic heterocycles. The Labute approximate surface area is 440 Å². The topological polar surface area (TPSA) is 324 Å². The molecule has 0 radical (unpaired) electrons. The maximum Gasteiger partial charge on any atom is 0.361 e. The van der Waals surface area contributed by atoms with E-state index in [2.05, 4.69) is 30.3 Å². The maximum absolute atomic E-state index is 12.2. The van der Waals surface area contributed by atoms with E-state index < -0.39 is 57.3 Å². The van der Waals surface area contributed by atoms with Crippen LogP contribution in [-0.2, 0) is 79.4 Å². The summed E-state index contributed by atoms with van der Waals surface area (Å²) >= 11 is 6.41. The smallest absolute Gasteiger partial charge is 0.361 e. The van der Waals surface area contributed by atoms with Crippen molar-refractivity contribution in [1.29, 1.82) is 0 Å². The van der Waals surface area contributed by atoms with Gasteiger partial charge < -0.3 is 86.8 Å². The standard InChI is InChI=1S/C46H76ClN8O19P/c1-3-35(57)6-10-64-12-14-66-16-17-67-15-13-65-11-9-54-27-34(51-52-54)28-71-23-22-69-19-18-68-20-21-70-24-25-72-36-4-7-45(8-5-36)30-53(31-45)41-37-26-48-55(42(37)50-44(47)49-41)43-40(59)39(58)38(74-43)29-73-46(32-56,33-63-2)75(60,61)62/h26-27,36,38-40,43,56,58-59H,3-25,28-33H2,1-2H3,(H2,60,61,62)/t38-,39-,40-,43-,46?/m1/s1. The lowest BCUT2D eigenvalue weighted by Crippen LogP contribution is -2.58. The molecule has 27 nitrogen and oxygen atoms in total. The van der Waals surface area contributed by atoms with Crippen LogP contribution in [0, 0.1) is 5.41 Å². The first-order valence-corrected chi connectivity index (χ1v) is 27.4. The number of ketones is 1. The molecule has 29 heteroatoms.